The summed E-state index contributed by atoms with van der Waals surface area (Å²) in [6.45, 7) is 5.00. The Kier molecular flexibility index (Phi) is 3.89. The third-order valence-corrected chi connectivity index (χ3v) is 4.67. The van der Waals surface area contributed by atoms with Crippen LogP contribution in [0.25, 0.3) is 0 Å². The topological polar surface area (TPSA) is 29.9 Å². The van der Waals surface area contributed by atoms with Crippen molar-refractivity contribution in [3.05, 3.63) is 48.0 Å². The average molecular weight is 273 g/mol. The predicted molar refractivity (Wildman–Crippen MR) is 79.4 cm³/mol. The first-order valence-corrected chi connectivity index (χ1v) is 7.69. The van der Waals surface area contributed by atoms with E-state index in [9.17, 15) is 0 Å². The summed E-state index contributed by atoms with van der Waals surface area (Å²) in [5.74, 6) is 0. The third kappa shape index (κ3) is 3.01. The van der Waals surface area contributed by atoms with Gasteiger partial charge in [-0.05, 0) is 24.6 Å². The van der Waals surface area contributed by atoms with Gasteiger partial charge in [0, 0.05) is 29.4 Å². The maximum Gasteiger partial charge on any atom is 0.0950 e. The van der Waals surface area contributed by atoms with E-state index in [0.29, 0.717) is 5.25 Å². The standard InChI is InChI=1S/C15H19N3S/c1-2-16-8-13-9-18(11-17-13)10-14-7-12-5-3-4-6-15(12)19-14/h3-6,9,11,14,16H,2,7-8,10H2,1H3. The highest BCUT2D eigenvalue weighted by Crippen LogP contribution is 2.37. The van der Waals surface area contributed by atoms with Crippen LogP contribution in [-0.4, -0.2) is 21.3 Å². The van der Waals surface area contributed by atoms with Crippen LogP contribution >= 0.6 is 11.8 Å². The van der Waals surface area contributed by atoms with Crippen molar-refractivity contribution in [2.24, 2.45) is 0 Å². The first-order valence-electron chi connectivity index (χ1n) is 6.81. The molecule has 1 N–H and O–H groups in total. The van der Waals surface area contributed by atoms with Crippen molar-refractivity contribution in [2.75, 3.05) is 6.54 Å². The fourth-order valence-electron chi connectivity index (χ4n) is 2.44. The van der Waals surface area contributed by atoms with Gasteiger partial charge in [0.2, 0.25) is 0 Å². The van der Waals surface area contributed by atoms with Crippen molar-refractivity contribution in [1.29, 1.82) is 0 Å². The number of fused-ring (bicyclic) bond motifs is 1. The molecule has 1 aromatic carbocycles. The van der Waals surface area contributed by atoms with Gasteiger partial charge in [-0.1, -0.05) is 25.1 Å². The molecule has 1 aromatic heterocycles. The van der Waals surface area contributed by atoms with E-state index in [-0.39, 0.29) is 0 Å². The molecule has 1 unspecified atom stereocenters. The van der Waals surface area contributed by atoms with E-state index >= 15 is 0 Å². The summed E-state index contributed by atoms with van der Waals surface area (Å²) in [7, 11) is 0. The predicted octanol–water partition coefficient (Wildman–Crippen LogP) is 2.71. The highest BCUT2D eigenvalue weighted by atomic mass is 32.2. The zero-order valence-corrected chi connectivity index (χ0v) is 12.0. The Hall–Kier alpha value is -1.26. The van der Waals surface area contributed by atoms with Crippen molar-refractivity contribution in [3.8, 4) is 0 Å². The van der Waals surface area contributed by atoms with Gasteiger partial charge in [0.05, 0.1) is 12.0 Å². The van der Waals surface area contributed by atoms with Crippen molar-refractivity contribution in [1.82, 2.24) is 14.9 Å². The first-order chi connectivity index (χ1) is 9.35. The van der Waals surface area contributed by atoms with Crippen molar-refractivity contribution in [3.63, 3.8) is 0 Å². The number of aromatic nitrogens is 2. The Labute approximate surface area is 118 Å². The molecule has 0 aliphatic carbocycles. The molecule has 0 bridgehead atoms. The molecule has 0 fully saturated rings. The Morgan fingerprint density at radius 2 is 2.32 bits per heavy atom. The van der Waals surface area contributed by atoms with Gasteiger partial charge >= 0.3 is 0 Å². The highest BCUT2D eigenvalue weighted by Gasteiger charge is 2.21. The third-order valence-electron chi connectivity index (χ3n) is 3.37. The molecule has 1 aliphatic rings. The van der Waals surface area contributed by atoms with E-state index < -0.39 is 0 Å². The second-order valence-electron chi connectivity index (χ2n) is 4.89. The molecule has 0 radical (unpaired) electrons. The molecule has 1 atom stereocenters. The molecule has 19 heavy (non-hydrogen) atoms. The van der Waals surface area contributed by atoms with Gasteiger partial charge in [-0.25, -0.2) is 4.98 Å². The lowest BCUT2D eigenvalue weighted by atomic mass is 10.1. The highest BCUT2D eigenvalue weighted by molar-refractivity contribution is 8.00. The van der Waals surface area contributed by atoms with E-state index in [1.807, 2.05) is 18.1 Å². The minimum atomic E-state index is 0.638. The molecule has 2 heterocycles. The normalized spacial score (nSPS) is 17.6. The zero-order valence-electron chi connectivity index (χ0n) is 11.2. The molecular weight excluding hydrogens is 254 g/mol. The van der Waals surface area contributed by atoms with Gasteiger partial charge in [-0.2, -0.15) is 0 Å². The molecule has 0 amide bonds. The molecule has 0 saturated heterocycles. The van der Waals surface area contributed by atoms with Gasteiger partial charge in [-0.15, -0.1) is 11.8 Å². The quantitative estimate of drug-likeness (QED) is 0.908. The van der Waals surface area contributed by atoms with Gasteiger partial charge in [-0.3, -0.25) is 0 Å². The number of imidazole rings is 1. The van der Waals surface area contributed by atoms with Crippen LogP contribution in [0.3, 0.4) is 0 Å². The largest absolute Gasteiger partial charge is 0.336 e. The minimum absolute atomic E-state index is 0.638. The van der Waals surface area contributed by atoms with Crippen LogP contribution in [0.15, 0.2) is 41.7 Å². The molecule has 0 spiro atoms. The number of nitrogens with one attached hydrogen (secondary N) is 1. The van der Waals surface area contributed by atoms with Crippen LogP contribution in [0.4, 0.5) is 0 Å². The van der Waals surface area contributed by atoms with Crippen LogP contribution in [0, 0.1) is 0 Å². The Morgan fingerprint density at radius 3 is 3.16 bits per heavy atom. The summed E-state index contributed by atoms with van der Waals surface area (Å²) in [4.78, 5) is 5.88. The van der Waals surface area contributed by atoms with Gasteiger partial charge in [0.1, 0.15) is 0 Å². The molecule has 0 saturated carbocycles. The van der Waals surface area contributed by atoms with Crippen molar-refractivity contribution >= 4 is 11.8 Å². The summed E-state index contributed by atoms with van der Waals surface area (Å²) >= 11 is 1.99. The lowest BCUT2D eigenvalue weighted by molar-refractivity contribution is 0.660. The number of rotatable bonds is 5. The second-order valence-corrected chi connectivity index (χ2v) is 6.24. The number of hydrogen-bond donors (Lipinski definition) is 1. The molecule has 100 valence electrons. The van der Waals surface area contributed by atoms with E-state index in [0.717, 1.165) is 25.3 Å². The lowest BCUT2D eigenvalue weighted by Crippen LogP contribution is -2.12. The van der Waals surface area contributed by atoms with Gasteiger partial charge in [0.15, 0.2) is 0 Å². The Morgan fingerprint density at radius 1 is 1.42 bits per heavy atom. The summed E-state index contributed by atoms with van der Waals surface area (Å²) < 4.78 is 2.22. The van der Waals surface area contributed by atoms with E-state index in [1.165, 1.54) is 16.9 Å². The molecule has 3 nitrogen and oxygen atoms in total. The smallest absolute Gasteiger partial charge is 0.0950 e. The number of benzene rings is 1. The first kappa shape index (κ1) is 12.8. The fraction of sp³-hybridized carbons (Fsp3) is 0.400. The van der Waals surface area contributed by atoms with Crippen LogP contribution < -0.4 is 5.32 Å². The minimum Gasteiger partial charge on any atom is -0.336 e. The second kappa shape index (κ2) is 5.80. The Bertz CT molecular complexity index is 525. The maximum atomic E-state index is 4.44. The van der Waals surface area contributed by atoms with Gasteiger partial charge < -0.3 is 9.88 Å². The van der Waals surface area contributed by atoms with Crippen LogP contribution in [0.1, 0.15) is 18.2 Å². The monoisotopic (exact) mass is 273 g/mol. The van der Waals surface area contributed by atoms with E-state index in [4.69, 9.17) is 0 Å². The molecule has 3 rings (SSSR count). The number of hydrogen-bond acceptors (Lipinski definition) is 3. The van der Waals surface area contributed by atoms with Gasteiger partial charge in [0.25, 0.3) is 0 Å². The summed E-state index contributed by atoms with van der Waals surface area (Å²) in [5, 5.41) is 3.94. The number of nitrogens with zero attached hydrogens (tertiary/aromatic N) is 2. The SMILES string of the molecule is CCNCc1cn(CC2Cc3ccccc3S2)cn1. The van der Waals surface area contributed by atoms with Crippen LogP contribution in [0.5, 0.6) is 0 Å². The summed E-state index contributed by atoms with van der Waals surface area (Å²) in [6.07, 6.45) is 5.28. The Balaban J connectivity index is 1.60. The van der Waals surface area contributed by atoms with E-state index in [2.05, 4.69) is 52.3 Å². The maximum absolute atomic E-state index is 4.44. The van der Waals surface area contributed by atoms with Crippen LogP contribution in [0.2, 0.25) is 0 Å². The van der Waals surface area contributed by atoms with Crippen LogP contribution in [-0.2, 0) is 19.5 Å². The van der Waals surface area contributed by atoms with E-state index in [1.54, 1.807) is 0 Å². The molecule has 4 heteroatoms. The zero-order chi connectivity index (χ0) is 13.1. The molecule has 2 aromatic rings. The molecule has 1 aliphatic heterocycles. The average Bonchev–Trinajstić information content (AvgIpc) is 3.02. The van der Waals surface area contributed by atoms with Crippen molar-refractivity contribution < 1.29 is 0 Å². The fourth-order valence-corrected chi connectivity index (χ4v) is 3.77. The summed E-state index contributed by atoms with van der Waals surface area (Å²) in [6, 6.07) is 8.73. The molecular formula is C15H19N3S. The lowest BCUT2D eigenvalue weighted by Gasteiger charge is -2.08. The van der Waals surface area contributed by atoms with Crippen molar-refractivity contribution in [2.45, 2.75) is 36.6 Å². The summed E-state index contributed by atoms with van der Waals surface area (Å²) in [5.41, 5.74) is 2.62. The number of thioether (sulfide) groups is 1.